The van der Waals surface area contributed by atoms with E-state index in [-0.39, 0.29) is 29.3 Å². The first-order valence-corrected chi connectivity index (χ1v) is 8.10. The molecule has 24 heavy (non-hydrogen) atoms. The Morgan fingerprint density at radius 3 is 2.96 bits per heavy atom. The molecule has 4 rings (SSSR count). The third-order valence-corrected chi connectivity index (χ3v) is 4.31. The molecule has 120 valence electrons. The van der Waals surface area contributed by atoms with E-state index in [9.17, 15) is 9.59 Å². The minimum absolute atomic E-state index is 0.217. The number of carbonyl (C=O) groups is 1. The Hall–Kier alpha value is -3.00. The number of nitrogens with zero attached hydrogens (tertiary/aromatic N) is 2. The fraction of sp³-hybridized carbons (Fsp3) is 0.125. The molecule has 0 aliphatic rings. The number of fused-ring (bicyclic) bond motifs is 2. The van der Waals surface area contributed by atoms with Crippen LogP contribution in [-0.2, 0) is 4.74 Å². The highest BCUT2D eigenvalue weighted by atomic mass is 32.1. The van der Waals surface area contributed by atoms with Crippen molar-refractivity contribution in [3.63, 3.8) is 0 Å². The highest BCUT2D eigenvalue weighted by Gasteiger charge is 2.20. The molecule has 0 spiro atoms. The summed E-state index contributed by atoms with van der Waals surface area (Å²) in [5.74, 6) is -0.0899. The van der Waals surface area contributed by atoms with E-state index in [2.05, 4.69) is 15.0 Å². The Kier molecular flexibility index (Phi) is 3.39. The number of hydrogen-bond donors (Lipinski definition) is 1. The molecule has 0 unspecified atom stereocenters. The summed E-state index contributed by atoms with van der Waals surface area (Å²) in [6.07, 6.45) is 0. The summed E-state index contributed by atoms with van der Waals surface area (Å²) in [5.41, 5.74) is 1.07. The third-order valence-electron chi connectivity index (χ3n) is 3.44. The van der Waals surface area contributed by atoms with Gasteiger partial charge < -0.3 is 14.1 Å². The number of esters is 1. The fourth-order valence-corrected chi connectivity index (χ4v) is 3.29. The quantitative estimate of drug-likeness (QED) is 0.575. The van der Waals surface area contributed by atoms with E-state index in [0.717, 1.165) is 0 Å². The molecule has 1 N–H and O–H groups in total. The molecule has 0 amide bonds. The Bertz CT molecular complexity index is 1090. The molecule has 0 saturated heterocycles. The maximum atomic E-state index is 12.4. The van der Waals surface area contributed by atoms with Gasteiger partial charge in [-0.05, 0) is 19.1 Å². The molecular weight excluding hydrogens is 330 g/mol. The number of carbonyl (C=O) groups excluding carboxylic acids is 1. The number of benzene rings is 1. The van der Waals surface area contributed by atoms with Gasteiger partial charge >= 0.3 is 5.97 Å². The van der Waals surface area contributed by atoms with Crippen molar-refractivity contribution in [1.29, 1.82) is 0 Å². The minimum Gasteiger partial charge on any atom is -0.462 e. The van der Waals surface area contributed by atoms with E-state index in [0.29, 0.717) is 15.9 Å². The molecule has 3 heterocycles. The highest BCUT2D eigenvalue weighted by Crippen LogP contribution is 2.25. The molecule has 1 aromatic carbocycles. The van der Waals surface area contributed by atoms with Crippen LogP contribution in [0.25, 0.3) is 33.0 Å². The predicted octanol–water partition coefficient (Wildman–Crippen LogP) is 2.97. The molecule has 7 nitrogen and oxygen atoms in total. The molecular formula is C16H11N3O4S. The predicted molar refractivity (Wildman–Crippen MR) is 89.2 cm³/mol. The van der Waals surface area contributed by atoms with Crippen molar-refractivity contribution in [3.8, 4) is 11.7 Å². The zero-order valence-electron chi connectivity index (χ0n) is 12.5. The van der Waals surface area contributed by atoms with Gasteiger partial charge in [0.25, 0.3) is 11.4 Å². The van der Waals surface area contributed by atoms with Crippen LogP contribution in [0.15, 0.2) is 38.9 Å². The summed E-state index contributed by atoms with van der Waals surface area (Å²) >= 11 is 1.20. The number of H-pyrrole nitrogens is 1. The number of thiophene rings is 1. The lowest BCUT2D eigenvalue weighted by Gasteiger charge is -2.00. The van der Waals surface area contributed by atoms with E-state index in [4.69, 9.17) is 9.15 Å². The molecule has 3 aromatic heterocycles. The van der Waals surface area contributed by atoms with Crippen molar-refractivity contribution in [2.75, 3.05) is 6.61 Å². The van der Waals surface area contributed by atoms with Crippen molar-refractivity contribution < 1.29 is 13.9 Å². The molecule has 0 bridgehead atoms. The number of aromatic nitrogens is 3. The topological polar surface area (TPSA) is 98.1 Å². The van der Waals surface area contributed by atoms with Crippen LogP contribution < -0.4 is 5.56 Å². The van der Waals surface area contributed by atoms with Crippen LogP contribution in [-0.4, -0.2) is 27.5 Å². The van der Waals surface area contributed by atoms with Gasteiger partial charge in [-0.25, -0.2) is 14.8 Å². The molecule has 0 fully saturated rings. The van der Waals surface area contributed by atoms with Crippen molar-refractivity contribution >= 4 is 38.6 Å². The van der Waals surface area contributed by atoms with E-state index in [1.807, 2.05) is 18.2 Å². The lowest BCUT2D eigenvalue weighted by molar-refractivity contribution is 0.0529. The Morgan fingerprint density at radius 2 is 2.17 bits per heavy atom. The summed E-state index contributed by atoms with van der Waals surface area (Å²) in [5, 5.41) is 1.79. The molecule has 4 aromatic rings. The number of nitrogens with one attached hydrogen (secondary N) is 1. The standard InChI is InChI=1S/C16H11N3O4S/c1-2-22-16(21)8-7-24-15-11(8)13(20)18-12(19-15)14-17-9-5-3-4-6-10(9)23-14/h3-7H,2H2,1H3,(H,18,19,20). The normalized spacial score (nSPS) is 11.2. The van der Waals surface area contributed by atoms with Crippen LogP contribution in [0, 0.1) is 0 Å². The number of rotatable bonds is 3. The minimum atomic E-state index is -0.536. The Labute approximate surface area is 138 Å². The van der Waals surface area contributed by atoms with Crippen LogP contribution in [0.3, 0.4) is 0 Å². The maximum absolute atomic E-state index is 12.4. The van der Waals surface area contributed by atoms with Crippen LogP contribution >= 0.6 is 11.3 Å². The van der Waals surface area contributed by atoms with Crippen molar-refractivity contribution in [3.05, 3.63) is 45.6 Å². The van der Waals surface area contributed by atoms with Crippen LogP contribution in [0.4, 0.5) is 0 Å². The third kappa shape index (κ3) is 2.28. The smallest absolute Gasteiger partial charge is 0.339 e. The molecule has 8 heteroatoms. The van der Waals surface area contributed by atoms with Crippen molar-refractivity contribution in [2.45, 2.75) is 6.92 Å². The van der Waals surface area contributed by atoms with Gasteiger partial charge in [0, 0.05) is 5.38 Å². The van der Waals surface area contributed by atoms with Gasteiger partial charge in [-0.2, -0.15) is 0 Å². The summed E-state index contributed by atoms with van der Waals surface area (Å²) < 4.78 is 10.6. The van der Waals surface area contributed by atoms with Gasteiger partial charge in [0.05, 0.1) is 17.6 Å². The maximum Gasteiger partial charge on any atom is 0.339 e. The molecule has 0 aliphatic carbocycles. The second-order valence-electron chi connectivity index (χ2n) is 4.95. The lowest BCUT2D eigenvalue weighted by atomic mass is 10.2. The van der Waals surface area contributed by atoms with E-state index in [1.54, 1.807) is 18.4 Å². The number of aromatic amines is 1. The van der Waals surface area contributed by atoms with Gasteiger partial charge in [0.15, 0.2) is 11.4 Å². The van der Waals surface area contributed by atoms with Gasteiger partial charge in [0.1, 0.15) is 10.3 Å². The van der Waals surface area contributed by atoms with Gasteiger partial charge in [-0.3, -0.25) is 4.79 Å². The van der Waals surface area contributed by atoms with Crippen LogP contribution in [0.2, 0.25) is 0 Å². The monoisotopic (exact) mass is 341 g/mol. The average molecular weight is 341 g/mol. The van der Waals surface area contributed by atoms with E-state index >= 15 is 0 Å². The van der Waals surface area contributed by atoms with Crippen molar-refractivity contribution in [1.82, 2.24) is 15.0 Å². The lowest BCUT2D eigenvalue weighted by Crippen LogP contribution is -2.13. The molecule has 0 atom stereocenters. The van der Waals surface area contributed by atoms with Gasteiger partial charge in [0.2, 0.25) is 0 Å². The largest absolute Gasteiger partial charge is 0.462 e. The van der Waals surface area contributed by atoms with Gasteiger partial charge in [-0.15, -0.1) is 11.3 Å². The summed E-state index contributed by atoms with van der Waals surface area (Å²) in [7, 11) is 0. The molecule has 0 saturated carbocycles. The number of hydrogen-bond acceptors (Lipinski definition) is 7. The zero-order valence-corrected chi connectivity index (χ0v) is 13.3. The number of ether oxygens (including phenoxy) is 1. The first-order chi connectivity index (χ1) is 11.7. The molecule has 0 radical (unpaired) electrons. The second-order valence-corrected chi connectivity index (χ2v) is 5.81. The first-order valence-electron chi connectivity index (χ1n) is 7.22. The fourth-order valence-electron chi connectivity index (χ4n) is 2.38. The van der Waals surface area contributed by atoms with Crippen LogP contribution in [0.5, 0.6) is 0 Å². The SMILES string of the molecule is CCOC(=O)c1csc2nc(-c3nc4ccccc4o3)[nH]c(=O)c12. The summed E-state index contributed by atoms with van der Waals surface area (Å²) in [6, 6.07) is 7.27. The van der Waals surface area contributed by atoms with E-state index < -0.39 is 11.5 Å². The average Bonchev–Trinajstić information content (AvgIpc) is 3.19. The van der Waals surface area contributed by atoms with E-state index in [1.165, 1.54) is 11.3 Å². The van der Waals surface area contributed by atoms with Crippen molar-refractivity contribution in [2.24, 2.45) is 0 Å². The Morgan fingerprint density at radius 1 is 1.33 bits per heavy atom. The highest BCUT2D eigenvalue weighted by molar-refractivity contribution is 7.17. The number of oxazole rings is 1. The molecule has 0 aliphatic heterocycles. The second kappa shape index (κ2) is 5.57. The zero-order chi connectivity index (χ0) is 16.7. The number of para-hydroxylation sites is 2. The summed E-state index contributed by atoms with van der Waals surface area (Å²) in [4.78, 5) is 36.1. The van der Waals surface area contributed by atoms with Crippen LogP contribution in [0.1, 0.15) is 17.3 Å². The Balaban J connectivity index is 1.87. The summed E-state index contributed by atoms with van der Waals surface area (Å²) in [6.45, 7) is 1.95. The van der Waals surface area contributed by atoms with Gasteiger partial charge in [-0.1, -0.05) is 12.1 Å². The first kappa shape index (κ1) is 14.6.